The lowest BCUT2D eigenvalue weighted by atomic mass is 10.0. The van der Waals surface area contributed by atoms with Crippen LogP contribution in [0.1, 0.15) is 13.3 Å². The van der Waals surface area contributed by atoms with Gasteiger partial charge in [-0.25, -0.2) is 0 Å². The molecule has 2 heterocycles. The van der Waals surface area contributed by atoms with E-state index in [9.17, 15) is 4.79 Å². The second-order valence-corrected chi connectivity index (χ2v) is 4.27. The van der Waals surface area contributed by atoms with Gasteiger partial charge < -0.3 is 14.4 Å². The van der Waals surface area contributed by atoms with E-state index in [0.29, 0.717) is 19.7 Å². The largest absolute Gasteiger partial charge is 0.378 e. The average Bonchev–Trinajstić information content (AvgIpc) is 2.81. The normalized spacial score (nSPS) is 36.5. The second kappa shape index (κ2) is 4.08. The van der Waals surface area contributed by atoms with Crippen molar-refractivity contribution in [2.45, 2.75) is 25.1 Å². The van der Waals surface area contributed by atoms with Gasteiger partial charge in [0.25, 0.3) is 0 Å². The predicted octanol–water partition coefficient (Wildman–Crippen LogP) is -0.430. The maximum Gasteiger partial charge on any atom is 0.237 e. The Morgan fingerprint density at radius 3 is 3.00 bits per heavy atom. The molecule has 15 heavy (non-hydrogen) atoms. The maximum atomic E-state index is 11.6. The zero-order chi connectivity index (χ0) is 10.9. The molecular formula is C10H18N2O3. The fraction of sp³-hybridized carbons (Fsp3) is 0.900. The summed E-state index contributed by atoms with van der Waals surface area (Å²) in [4.78, 5) is 13.4. The van der Waals surface area contributed by atoms with Crippen LogP contribution in [0.2, 0.25) is 0 Å². The third-order valence-electron chi connectivity index (χ3n) is 3.30. The molecule has 0 saturated carbocycles. The molecule has 0 radical (unpaired) electrons. The van der Waals surface area contributed by atoms with Crippen molar-refractivity contribution in [3.8, 4) is 0 Å². The van der Waals surface area contributed by atoms with Crippen molar-refractivity contribution in [1.82, 2.24) is 10.2 Å². The molecule has 0 aliphatic carbocycles. The fourth-order valence-corrected chi connectivity index (χ4v) is 2.14. The van der Waals surface area contributed by atoms with Crippen LogP contribution in [0.4, 0.5) is 0 Å². The molecule has 0 bridgehead atoms. The van der Waals surface area contributed by atoms with Crippen molar-refractivity contribution in [3.05, 3.63) is 0 Å². The molecule has 1 amide bonds. The minimum absolute atomic E-state index is 0.102. The standard InChI is InChI=1S/C10H18N2O3/c1-8-11-5-9(13)12(8)6-10(14-2)3-4-15-7-10/h8,11H,3-7H2,1-2H3. The maximum absolute atomic E-state index is 11.6. The summed E-state index contributed by atoms with van der Waals surface area (Å²) in [5, 5.41) is 3.11. The van der Waals surface area contributed by atoms with Crippen LogP contribution in [0.15, 0.2) is 0 Å². The summed E-state index contributed by atoms with van der Waals surface area (Å²) in [5.74, 6) is 0.144. The second-order valence-electron chi connectivity index (χ2n) is 4.27. The van der Waals surface area contributed by atoms with Gasteiger partial charge in [0.2, 0.25) is 5.91 Å². The molecule has 2 aliphatic rings. The van der Waals surface area contributed by atoms with Crippen molar-refractivity contribution >= 4 is 5.91 Å². The van der Waals surface area contributed by atoms with E-state index in [4.69, 9.17) is 9.47 Å². The highest BCUT2D eigenvalue weighted by atomic mass is 16.5. The summed E-state index contributed by atoms with van der Waals surface area (Å²) < 4.78 is 10.9. The van der Waals surface area contributed by atoms with E-state index in [-0.39, 0.29) is 17.7 Å². The summed E-state index contributed by atoms with van der Waals surface area (Å²) in [6.07, 6.45) is 0.963. The van der Waals surface area contributed by atoms with E-state index >= 15 is 0 Å². The van der Waals surface area contributed by atoms with Crippen molar-refractivity contribution in [2.24, 2.45) is 0 Å². The molecule has 1 N–H and O–H groups in total. The highest BCUT2D eigenvalue weighted by molar-refractivity contribution is 5.80. The van der Waals surface area contributed by atoms with Gasteiger partial charge in [0.1, 0.15) is 5.60 Å². The smallest absolute Gasteiger partial charge is 0.237 e. The average molecular weight is 214 g/mol. The van der Waals surface area contributed by atoms with E-state index in [1.54, 1.807) is 7.11 Å². The summed E-state index contributed by atoms with van der Waals surface area (Å²) in [6.45, 7) is 4.35. The molecule has 2 unspecified atom stereocenters. The van der Waals surface area contributed by atoms with Crippen LogP contribution in [0.3, 0.4) is 0 Å². The lowest BCUT2D eigenvalue weighted by Gasteiger charge is -2.32. The van der Waals surface area contributed by atoms with Crippen LogP contribution in [0.5, 0.6) is 0 Å². The third-order valence-corrected chi connectivity index (χ3v) is 3.30. The molecule has 2 aliphatic heterocycles. The van der Waals surface area contributed by atoms with Crippen LogP contribution < -0.4 is 5.32 Å². The molecule has 2 saturated heterocycles. The van der Waals surface area contributed by atoms with Crippen molar-refractivity contribution in [3.63, 3.8) is 0 Å². The van der Waals surface area contributed by atoms with E-state index in [1.165, 1.54) is 0 Å². The van der Waals surface area contributed by atoms with E-state index in [2.05, 4.69) is 5.32 Å². The van der Waals surface area contributed by atoms with Gasteiger partial charge in [-0.2, -0.15) is 0 Å². The Bertz CT molecular complexity index is 251. The van der Waals surface area contributed by atoms with Gasteiger partial charge in [0.05, 0.1) is 25.9 Å². The first-order valence-electron chi connectivity index (χ1n) is 5.33. The number of carbonyl (C=O) groups is 1. The predicted molar refractivity (Wildman–Crippen MR) is 54.4 cm³/mol. The molecule has 86 valence electrons. The lowest BCUT2D eigenvalue weighted by Crippen LogP contribution is -2.49. The fourth-order valence-electron chi connectivity index (χ4n) is 2.14. The van der Waals surface area contributed by atoms with Gasteiger partial charge in [-0.3, -0.25) is 10.1 Å². The van der Waals surface area contributed by atoms with Crippen molar-refractivity contribution < 1.29 is 14.3 Å². The van der Waals surface area contributed by atoms with Gasteiger partial charge in [-0.1, -0.05) is 0 Å². The third kappa shape index (κ3) is 2.00. The number of hydrogen-bond acceptors (Lipinski definition) is 4. The van der Waals surface area contributed by atoms with Crippen LogP contribution in [0.25, 0.3) is 0 Å². The Morgan fingerprint density at radius 2 is 2.53 bits per heavy atom. The first-order chi connectivity index (χ1) is 7.17. The molecule has 2 atom stereocenters. The SMILES string of the molecule is COC1(CN2C(=O)CNC2C)CCOC1. The van der Waals surface area contributed by atoms with Crippen LogP contribution in [-0.4, -0.2) is 56.0 Å². The monoisotopic (exact) mass is 214 g/mol. The summed E-state index contributed by atoms with van der Waals surface area (Å²) in [6, 6.07) is 0. The number of hydrogen-bond donors (Lipinski definition) is 1. The highest BCUT2D eigenvalue weighted by Crippen LogP contribution is 2.25. The molecule has 0 aromatic heterocycles. The quantitative estimate of drug-likeness (QED) is 0.692. The molecule has 0 aromatic rings. The first kappa shape index (κ1) is 10.9. The Morgan fingerprint density at radius 1 is 1.73 bits per heavy atom. The zero-order valence-electron chi connectivity index (χ0n) is 9.28. The van der Waals surface area contributed by atoms with Crippen molar-refractivity contribution in [2.75, 3.05) is 33.4 Å². The molecule has 2 rings (SSSR count). The molecular weight excluding hydrogens is 196 g/mol. The van der Waals surface area contributed by atoms with E-state index < -0.39 is 0 Å². The number of ether oxygens (including phenoxy) is 2. The number of nitrogens with one attached hydrogen (secondary N) is 1. The number of carbonyl (C=O) groups excluding carboxylic acids is 1. The van der Waals surface area contributed by atoms with Crippen LogP contribution in [0, 0.1) is 0 Å². The van der Waals surface area contributed by atoms with E-state index in [0.717, 1.165) is 13.0 Å². The Balaban J connectivity index is 2.02. The minimum Gasteiger partial charge on any atom is -0.378 e. The van der Waals surface area contributed by atoms with Gasteiger partial charge in [0.15, 0.2) is 0 Å². The van der Waals surface area contributed by atoms with Crippen LogP contribution in [-0.2, 0) is 14.3 Å². The zero-order valence-corrected chi connectivity index (χ0v) is 9.28. The van der Waals surface area contributed by atoms with Gasteiger partial charge in [-0.05, 0) is 6.92 Å². The number of nitrogens with zero attached hydrogens (tertiary/aromatic N) is 1. The molecule has 0 spiro atoms. The van der Waals surface area contributed by atoms with Crippen molar-refractivity contribution in [1.29, 1.82) is 0 Å². The summed E-state index contributed by atoms with van der Waals surface area (Å²) in [5.41, 5.74) is -0.296. The molecule has 0 aromatic carbocycles. The van der Waals surface area contributed by atoms with Crippen LogP contribution >= 0.6 is 0 Å². The Hall–Kier alpha value is -0.650. The number of amides is 1. The summed E-state index contributed by atoms with van der Waals surface area (Å²) >= 11 is 0. The molecule has 5 nitrogen and oxygen atoms in total. The highest BCUT2D eigenvalue weighted by Gasteiger charge is 2.40. The van der Waals surface area contributed by atoms with Gasteiger partial charge >= 0.3 is 0 Å². The number of methoxy groups -OCH3 is 1. The summed E-state index contributed by atoms with van der Waals surface area (Å²) in [7, 11) is 1.69. The van der Waals surface area contributed by atoms with E-state index in [1.807, 2.05) is 11.8 Å². The minimum atomic E-state index is -0.296. The first-order valence-corrected chi connectivity index (χ1v) is 5.33. The topological polar surface area (TPSA) is 50.8 Å². The Labute approximate surface area is 89.7 Å². The number of rotatable bonds is 3. The molecule has 2 fully saturated rings. The lowest BCUT2D eigenvalue weighted by molar-refractivity contribution is -0.132. The van der Waals surface area contributed by atoms with Gasteiger partial charge in [0, 0.05) is 20.1 Å². The molecule has 5 heteroatoms. The van der Waals surface area contributed by atoms with Gasteiger partial charge in [-0.15, -0.1) is 0 Å². The Kier molecular flexibility index (Phi) is 2.95.